The maximum atomic E-state index is 12.3. The first-order valence-electron chi connectivity index (χ1n) is 55.6. The highest BCUT2D eigenvalue weighted by Crippen LogP contribution is 2.44. The number of nitrogens with zero attached hydrogens (tertiary/aromatic N) is 10. The van der Waals surface area contributed by atoms with Crippen LogP contribution >= 0.6 is 33.0 Å². The molecule has 0 spiro atoms. The van der Waals surface area contributed by atoms with Crippen LogP contribution in [0.2, 0.25) is 0 Å². The number of hydrogen-bond acceptors (Lipinski definition) is 33. The van der Waals surface area contributed by atoms with Crippen LogP contribution in [0, 0.1) is 0 Å². The smallest absolute Gasteiger partial charge is 0.394 e. The molecule has 0 radical (unpaired) electrons. The number of H-pyrrole nitrogens is 2. The van der Waals surface area contributed by atoms with Crippen molar-refractivity contribution < 1.29 is 114 Å². The van der Waals surface area contributed by atoms with Gasteiger partial charge in [0.15, 0.2) is 72.0 Å². The number of nitrogens with one attached hydrogen (secondary N) is 2. The topological polar surface area (TPSA) is 616 Å². The van der Waals surface area contributed by atoms with Crippen molar-refractivity contribution in [3.05, 3.63) is 85.2 Å². The van der Waals surface area contributed by atoms with Crippen molar-refractivity contribution in [3.8, 4) is 0 Å². The lowest BCUT2D eigenvalue weighted by molar-refractivity contribution is -0.0744. The van der Waals surface area contributed by atoms with Gasteiger partial charge in [0.25, 0.3) is 11.1 Å². The van der Waals surface area contributed by atoms with Gasteiger partial charge in [0.2, 0.25) is 5.95 Å². The second-order valence-electron chi connectivity index (χ2n) is 39.4. The molecule has 846 valence electrons. The lowest BCUT2D eigenvalue weighted by Crippen LogP contribution is -2.40. The van der Waals surface area contributed by atoms with E-state index in [0.717, 1.165) is 81.6 Å². The monoisotopic (exact) mass is 2190 g/mol. The van der Waals surface area contributed by atoms with E-state index in [1.165, 1.54) is 335 Å². The molecule has 6 aromatic heterocycles. The summed E-state index contributed by atoms with van der Waals surface area (Å²) in [5.74, 6) is 0.215. The fourth-order valence-corrected chi connectivity index (χ4v) is 21.3. The lowest BCUT2D eigenvalue weighted by Gasteiger charge is -2.22. The van der Waals surface area contributed by atoms with Gasteiger partial charge in [0.1, 0.15) is 66.5 Å². The molecular weight excluding hydrogens is 2010 g/mol. The van der Waals surface area contributed by atoms with Crippen molar-refractivity contribution in [2.75, 3.05) is 70.1 Å². The summed E-state index contributed by atoms with van der Waals surface area (Å²) >= 11 is 0. The van der Waals surface area contributed by atoms with Crippen LogP contribution in [-0.4, -0.2) is 224 Å². The third kappa shape index (κ3) is 48.0. The van der Waals surface area contributed by atoms with Crippen molar-refractivity contribution in [1.82, 2.24) is 58.1 Å². The quantitative estimate of drug-likeness (QED) is 0.0125. The number of aromatic nitrogens is 12. The van der Waals surface area contributed by atoms with E-state index >= 15 is 0 Å². The molecule has 43 nitrogen and oxygen atoms in total. The number of anilines is 3. The Balaban J connectivity index is 0.000000269. The van der Waals surface area contributed by atoms with E-state index in [0.29, 0.717) is 37.6 Å². The number of aromatic amines is 2. The minimum absolute atomic E-state index is 0.0664. The summed E-state index contributed by atoms with van der Waals surface area (Å²) in [6, 6.07) is 2.62. The van der Waals surface area contributed by atoms with E-state index in [1.807, 2.05) is 0 Å². The van der Waals surface area contributed by atoms with Crippen molar-refractivity contribution in [2.45, 2.75) is 485 Å². The summed E-state index contributed by atoms with van der Waals surface area (Å²) in [6.45, 7) is 8.75. The number of nitrogen functional groups attached to an aromatic ring is 3. The molecule has 149 heavy (non-hydrogen) atoms. The van der Waals surface area contributed by atoms with Crippen LogP contribution in [0.25, 0.3) is 22.3 Å². The summed E-state index contributed by atoms with van der Waals surface area (Å²) in [5, 5.41) is 39.0. The van der Waals surface area contributed by atoms with Crippen LogP contribution in [0.3, 0.4) is 0 Å². The van der Waals surface area contributed by atoms with Crippen molar-refractivity contribution >= 4 is 72.9 Å². The molecule has 0 aromatic carbocycles. The van der Waals surface area contributed by atoms with E-state index in [4.69, 9.17) is 73.2 Å². The summed E-state index contributed by atoms with van der Waals surface area (Å²) < 4.78 is 119. The van der Waals surface area contributed by atoms with Crippen LogP contribution in [0.5, 0.6) is 0 Å². The molecule has 10 rings (SSSR count). The SMILES string of the molecule is CCCCCCCCCCCCCCCCO[C@H]1C(O[P+](=O)O)[C@@H](CO)O[C@H]1n1ccc(=O)[nH]c1=O.CCCCCCCCCCCCCCCCO[C@H]1C(O[P+](=O)O)[C@@H](CO)O[C@H]1n1ccc(N)nc1=O.CCCCCCCCCCCCCCCCO[C@H]1C(O[P+](=O)O)[C@@H](CO)O[C@H]1n1cnc2c(=O)[nH]c(N)nc21.CCCCCCCCCCCCCCCCO[C@H]1C(O[P+](=O)O)[C@@H](CO)O[C@H]1n1cnc2c(N)ncnc21. The highest BCUT2D eigenvalue weighted by atomic mass is 31.1. The Bertz CT molecular complexity index is 4880. The molecule has 0 aliphatic carbocycles. The van der Waals surface area contributed by atoms with Gasteiger partial charge in [-0.25, -0.2) is 29.5 Å². The van der Waals surface area contributed by atoms with Gasteiger partial charge >= 0.3 is 44.4 Å². The second kappa shape index (κ2) is 77.8. The molecule has 8 unspecified atom stereocenters. The lowest BCUT2D eigenvalue weighted by atomic mass is 10.0. The molecule has 4 saturated heterocycles. The van der Waals surface area contributed by atoms with Gasteiger partial charge in [-0.3, -0.25) is 37.8 Å². The van der Waals surface area contributed by atoms with Gasteiger partial charge in [0.05, 0.1) is 39.1 Å². The number of hydrogen-bond donors (Lipinski definition) is 13. The first kappa shape index (κ1) is 129. The molecule has 0 bridgehead atoms. The molecular formula is C102H179N15O28P4+4. The zero-order valence-electron chi connectivity index (χ0n) is 88.8. The third-order valence-electron chi connectivity index (χ3n) is 27.6. The third-order valence-corrected chi connectivity index (χ3v) is 29.3. The molecule has 6 aromatic rings. The van der Waals surface area contributed by atoms with Gasteiger partial charge in [-0.05, 0) is 31.7 Å². The number of imidazole rings is 2. The Kier molecular flexibility index (Phi) is 67.5. The molecule has 16 N–H and O–H groups in total. The van der Waals surface area contributed by atoms with Crippen LogP contribution < -0.4 is 39.7 Å². The predicted molar refractivity (Wildman–Crippen MR) is 570 cm³/mol. The zero-order valence-corrected chi connectivity index (χ0v) is 92.3. The number of fused-ring (bicyclic) bond motifs is 2. The Morgan fingerprint density at radius 3 is 0.872 bits per heavy atom. The number of aliphatic hydroxyl groups excluding tert-OH is 4. The Hall–Kier alpha value is -6.54. The summed E-state index contributed by atoms with van der Waals surface area (Å²) in [6.07, 6.45) is 62.2. The molecule has 4 aliphatic heterocycles. The number of unbranched alkanes of at least 4 members (excludes halogenated alkanes) is 52. The standard InChI is InChI=1S/C26H44N5O7P.C26H44N5O6P.C25H44N3O7P.C25H43N2O8P/c1-2-3-4-5-6-7-8-9-10-11-12-13-14-15-16-36-22-21(38-39(34)35)19(17-32)37-25(22)31-18-28-20-23(31)29-26(27)30-24(20)33;1-2-3-4-5-6-7-8-9-10-11-12-13-14-15-16-35-23-22(37-38(33)34)20(17-32)36-26(23)31-19-30-21-24(27)28-18-29-25(21)31;1-2-3-4-5-6-7-8-9-10-11-12-13-14-15-18-33-23-22(35-36(31)32)20(19-29)34-24(23)28-17-16-21(26)27-25(28)30;1-2-3-4-5-6-7-8-9-10-11-12-13-14-15-18-33-23-22(35-36(31)32)20(19-28)34-24(23)27-17-16-21(29)26-25(27)30/h18-19,21-22,25,32H,2-17H2,1H3,(H3-,27,29,30,33,34,35);18-20,22-23,26,32H,2-17H2,1H3,(H2-,27,28,29,33,34);16-17,20,22-24,29H,2-15,18-19H2,1H3,(H2-,26,27,30,31,32);16-17,20,22-24,28H,2-15,18-19H2,1H3,(H-,26,29,30,31,32)/p+4/t19-,21?,22+,25-;20-,22?,23+,26-;2*20-,22?,23+,24-/m1111/s1. The number of nitrogens with two attached hydrogens (primary N) is 3. The Labute approximate surface area is 881 Å². The first-order valence-corrected chi connectivity index (χ1v) is 60.1. The van der Waals surface area contributed by atoms with Gasteiger partial charge < -0.3 is 75.5 Å². The molecule has 10 heterocycles. The van der Waals surface area contributed by atoms with E-state index in [1.54, 1.807) is 4.57 Å². The largest absolute Gasteiger partial charge is 0.695 e. The van der Waals surface area contributed by atoms with Gasteiger partial charge in [-0.1, -0.05) is 362 Å². The minimum atomic E-state index is -2.98. The van der Waals surface area contributed by atoms with Crippen molar-refractivity contribution in [1.29, 1.82) is 0 Å². The highest BCUT2D eigenvalue weighted by Gasteiger charge is 2.56. The maximum absolute atomic E-state index is 12.3. The van der Waals surface area contributed by atoms with Gasteiger partial charge in [0, 0.05) is 63.1 Å². The minimum Gasteiger partial charge on any atom is -0.394 e. The van der Waals surface area contributed by atoms with E-state index in [9.17, 15) is 77.4 Å². The Morgan fingerprint density at radius 2 is 0.591 bits per heavy atom. The molecule has 0 saturated carbocycles. The number of rotatable bonds is 80. The second-order valence-corrected chi connectivity index (χ2v) is 42.1. The molecule has 47 heteroatoms. The summed E-state index contributed by atoms with van der Waals surface area (Å²) in [7, 11) is -11.8. The Morgan fingerprint density at radius 1 is 0.322 bits per heavy atom. The van der Waals surface area contributed by atoms with Gasteiger partial charge in [-0.2, -0.15) is 9.97 Å². The molecule has 4 aliphatic rings. The molecule has 0 amide bonds. The maximum Gasteiger partial charge on any atom is 0.695 e. The van der Waals surface area contributed by atoms with E-state index in [-0.39, 0.29) is 28.7 Å². The van der Waals surface area contributed by atoms with Crippen LogP contribution in [0.4, 0.5) is 17.6 Å². The summed E-state index contributed by atoms with van der Waals surface area (Å²) in [4.78, 5) is 115. The number of ether oxygens (including phenoxy) is 8. The van der Waals surface area contributed by atoms with Crippen LogP contribution in [-0.2, 0) is 74.3 Å². The number of aliphatic hydroxyl groups is 4. The van der Waals surface area contributed by atoms with Crippen LogP contribution in [0.15, 0.2) is 62.7 Å². The summed E-state index contributed by atoms with van der Waals surface area (Å²) in [5.41, 5.74) is 15.9. The normalized spacial score (nSPS) is 22.0. The highest BCUT2D eigenvalue weighted by molar-refractivity contribution is 7.32. The van der Waals surface area contributed by atoms with Crippen molar-refractivity contribution in [3.63, 3.8) is 0 Å². The van der Waals surface area contributed by atoms with Crippen LogP contribution in [0.1, 0.15) is 412 Å². The average Bonchev–Trinajstić information content (AvgIpc) is 1.48. The molecule has 4 fully saturated rings. The first-order chi connectivity index (χ1) is 72.5. The van der Waals surface area contributed by atoms with E-state index < -0.39 is 180 Å². The average molecular weight is 2190 g/mol. The van der Waals surface area contributed by atoms with Gasteiger partial charge in [-0.15, -0.1) is 37.7 Å². The fraction of sp³-hybridized carbons (Fsp3) is 0.824. The van der Waals surface area contributed by atoms with E-state index in [2.05, 4.69) is 67.6 Å². The fourth-order valence-electron chi connectivity index (χ4n) is 19.4. The zero-order chi connectivity index (χ0) is 108. The molecule has 20 atom stereocenters. The predicted octanol–water partition coefficient (Wildman–Crippen LogP) is 18.6. The van der Waals surface area contributed by atoms with Crippen molar-refractivity contribution in [2.24, 2.45) is 0 Å².